The lowest BCUT2D eigenvalue weighted by Gasteiger charge is -2.27. The zero-order valence-corrected chi connectivity index (χ0v) is 14.7. The SMILES string of the molecule is O=C(c1ccsc1)N1CCC(Oc2cc(N3CCOCC3)ncn2)C1. The van der Waals surface area contributed by atoms with Gasteiger partial charge in [0.15, 0.2) is 0 Å². The van der Waals surface area contributed by atoms with E-state index in [-0.39, 0.29) is 12.0 Å². The molecule has 2 aromatic heterocycles. The van der Waals surface area contributed by atoms with E-state index in [1.165, 1.54) is 17.7 Å². The lowest BCUT2D eigenvalue weighted by Crippen LogP contribution is -2.36. The Morgan fingerprint density at radius 1 is 1.28 bits per heavy atom. The molecule has 0 spiro atoms. The third-order valence-corrected chi connectivity index (χ3v) is 5.13. The highest BCUT2D eigenvalue weighted by molar-refractivity contribution is 7.08. The Kier molecular flexibility index (Phi) is 4.80. The highest BCUT2D eigenvalue weighted by Crippen LogP contribution is 2.22. The van der Waals surface area contributed by atoms with Crippen LogP contribution >= 0.6 is 11.3 Å². The van der Waals surface area contributed by atoms with Gasteiger partial charge in [-0.2, -0.15) is 11.3 Å². The summed E-state index contributed by atoms with van der Waals surface area (Å²) in [5.41, 5.74) is 0.752. The summed E-state index contributed by atoms with van der Waals surface area (Å²) in [7, 11) is 0. The first kappa shape index (κ1) is 16.3. The zero-order valence-electron chi connectivity index (χ0n) is 13.8. The van der Waals surface area contributed by atoms with Crippen molar-refractivity contribution in [2.75, 3.05) is 44.3 Å². The molecule has 2 aliphatic heterocycles. The smallest absolute Gasteiger partial charge is 0.254 e. The van der Waals surface area contributed by atoms with E-state index in [9.17, 15) is 4.79 Å². The number of rotatable bonds is 4. The minimum absolute atomic E-state index is 0.0324. The van der Waals surface area contributed by atoms with Crippen LogP contribution in [0.3, 0.4) is 0 Å². The number of carbonyl (C=O) groups is 1. The molecule has 1 amide bonds. The van der Waals surface area contributed by atoms with Crippen molar-refractivity contribution in [3.05, 3.63) is 34.8 Å². The summed E-state index contributed by atoms with van der Waals surface area (Å²) in [6.45, 7) is 4.36. The molecule has 0 saturated carbocycles. The standard InChI is InChI=1S/C17H20N4O3S/c22-17(13-2-8-25-11-13)21-3-1-14(10-21)24-16-9-15(18-12-19-16)20-4-6-23-7-5-20/h2,8-9,11-12,14H,1,3-7,10H2. The maximum absolute atomic E-state index is 12.4. The quantitative estimate of drug-likeness (QED) is 0.826. The Morgan fingerprint density at radius 2 is 2.16 bits per heavy atom. The second-order valence-corrected chi connectivity index (χ2v) is 6.89. The van der Waals surface area contributed by atoms with Crippen LogP contribution in [-0.2, 0) is 4.74 Å². The second kappa shape index (κ2) is 7.37. The summed E-state index contributed by atoms with van der Waals surface area (Å²) >= 11 is 1.54. The summed E-state index contributed by atoms with van der Waals surface area (Å²) in [4.78, 5) is 25.0. The minimum Gasteiger partial charge on any atom is -0.472 e. The van der Waals surface area contributed by atoms with Crippen LogP contribution in [0.4, 0.5) is 5.82 Å². The Morgan fingerprint density at radius 3 is 2.96 bits per heavy atom. The van der Waals surface area contributed by atoms with Gasteiger partial charge in [0.1, 0.15) is 18.2 Å². The molecule has 0 aromatic carbocycles. The van der Waals surface area contributed by atoms with Gasteiger partial charge in [0.05, 0.1) is 25.3 Å². The van der Waals surface area contributed by atoms with E-state index in [4.69, 9.17) is 9.47 Å². The van der Waals surface area contributed by atoms with Gasteiger partial charge in [-0.3, -0.25) is 4.79 Å². The number of likely N-dealkylation sites (tertiary alicyclic amines) is 1. The number of ether oxygens (including phenoxy) is 2. The van der Waals surface area contributed by atoms with Crippen molar-refractivity contribution in [1.29, 1.82) is 0 Å². The second-order valence-electron chi connectivity index (χ2n) is 6.11. The number of hydrogen-bond donors (Lipinski definition) is 0. The topological polar surface area (TPSA) is 67.8 Å². The molecule has 0 aliphatic carbocycles. The van der Waals surface area contributed by atoms with Gasteiger partial charge >= 0.3 is 0 Å². The average molecular weight is 360 g/mol. The first-order valence-corrected chi connectivity index (χ1v) is 9.37. The van der Waals surface area contributed by atoms with E-state index in [0.717, 1.165) is 30.9 Å². The average Bonchev–Trinajstić information content (AvgIpc) is 3.34. The van der Waals surface area contributed by atoms with Crippen molar-refractivity contribution < 1.29 is 14.3 Å². The van der Waals surface area contributed by atoms with Gasteiger partial charge in [-0.05, 0) is 11.4 Å². The Labute approximate surface area is 150 Å². The highest BCUT2D eigenvalue weighted by atomic mass is 32.1. The van der Waals surface area contributed by atoms with Gasteiger partial charge in [0.25, 0.3) is 5.91 Å². The van der Waals surface area contributed by atoms with Crippen molar-refractivity contribution in [3.8, 4) is 5.88 Å². The third kappa shape index (κ3) is 3.74. The number of aromatic nitrogens is 2. The molecule has 132 valence electrons. The molecule has 1 unspecified atom stereocenters. The van der Waals surface area contributed by atoms with Gasteiger partial charge in [-0.15, -0.1) is 0 Å². The first-order chi connectivity index (χ1) is 12.3. The molecular formula is C17H20N4O3S. The molecule has 1 atom stereocenters. The number of hydrogen-bond acceptors (Lipinski definition) is 7. The van der Waals surface area contributed by atoms with E-state index in [1.54, 1.807) is 0 Å². The van der Waals surface area contributed by atoms with Crippen LogP contribution in [0, 0.1) is 0 Å². The van der Waals surface area contributed by atoms with Crippen LogP contribution in [0.15, 0.2) is 29.2 Å². The fraction of sp³-hybridized carbons (Fsp3) is 0.471. The molecule has 2 fully saturated rings. The van der Waals surface area contributed by atoms with Crippen LogP contribution in [0.2, 0.25) is 0 Å². The summed E-state index contributed by atoms with van der Waals surface area (Å²) in [6, 6.07) is 3.73. The molecule has 25 heavy (non-hydrogen) atoms. The van der Waals surface area contributed by atoms with Gasteiger partial charge in [0.2, 0.25) is 5.88 Å². The molecule has 0 bridgehead atoms. The summed E-state index contributed by atoms with van der Waals surface area (Å²) in [6.07, 6.45) is 2.31. The molecule has 2 aromatic rings. The number of anilines is 1. The van der Waals surface area contributed by atoms with Crippen molar-refractivity contribution in [2.45, 2.75) is 12.5 Å². The highest BCUT2D eigenvalue weighted by Gasteiger charge is 2.29. The van der Waals surface area contributed by atoms with Crippen LogP contribution in [0.1, 0.15) is 16.8 Å². The molecule has 7 nitrogen and oxygen atoms in total. The number of amides is 1. The van der Waals surface area contributed by atoms with Crippen LogP contribution in [0.5, 0.6) is 5.88 Å². The lowest BCUT2D eigenvalue weighted by molar-refractivity contribution is 0.0771. The molecule has 0 N–H and O–H groups in total. The maximum atomic E-state index is 12.4. The largest absolute Gasteiger partial charge is 0.472 e. The van der Waals surface area contributed by atoms with Gasteiger partial charge in [-0.25, -0.2) is 9.97 Å². The normalized spacial score (nSPS) is 20.7. The fourth-order valence-corrected chi connectivity index (χ4v) is 3.74. The third-order valence-electron chi connectivity index (χ3n) is 4.45. The van der Waals surface area contributed by atoms with E-state index in [0.29, 0.717) is 32.2 Å². The summed E-state index contributed by atoms with van der Waals surface area (Å²) in [5.74, 6) is 1.49. The maximum Gasteiger partial charge on any atom is 0.254 e. The number of carbonyl (C=O) groups excluding carboxylic acids is 1. The summed E-state index contributed by atoms with van der Waals surface area (Å²) < 4.78 is 11.4. The van der Waals surface area contributed by atoms with Crippen molar-refractivity contribution in [2.24, 2.45) is 0 Å². The zero-order chi connectivity index (χ0) is 17.1. The molecular weight excluding hydrogens is 340 g/mol. The van der Waals surface area contributed by atoms with E-state index in [1.807, 2.05) is 27.8 Å². The van der Waals surface area contributed by atoms with Crippen LogP contribution in [-0.4, -0.2) is 66.3 Å². The van der Waals surface area contributed by atoms with Gasteiger partial charge in [-0.1, -0.05) is 0 Å². The summed E-state index contributed by atoms with van der Waals surface area (Å²) in [5, 5.41) is 3.81. The van der Waals surface area contributed by atoms with Crippen LogP contribution < -0.4 is 9.64 Å². The number of morpholine rings is 1. The Hall–Kier alpha value is -2.19. The van der Waals surface area contributed by atoms with Crippen LogP contribution in [0.25, 0.3) is 0 Å². The molecule has 4 rings (SSSR count). The Bertz CT molecular complexity index is 718. The van der Waals surface area contributed by atoms with Crippen molar-refractivity contribution >= 4 is 23.1 Å². The minimum atomic E-state index is -0.0324. The van der Waals surface area contributed by atoms with Gasteiger partial charge in [0, 0.05) is 37.5 Å². The molecule has 2 saturated heterocycles. The van der Waals surface area contributed by atoms with E-state index in [2.05, 4.69) is 14.9 Å². The molecule has 0 radical (unpaired) electrons. The molecule has 2 aliphatic rings. The monoisotopic (exact) mass is 360 g/mol. The lowest BCUT2D eigenvalue weighted by atomic mass is 10.3. The van der Waals surface area contributed by atoms with Crippen molar-refractivity contribution in [3.63, 3.8) is 0 Å². The first-order valence-electron chi connectivity index (χ1n) is 8.42. The molecule has 8 heteroatoms. The Balaban J connectivity index is 1.37. The van der Waals surface area contributed by atoms with E-state index >= 15 is 0 Å². The number of thiophene rings is 1. The van der Waals surface area contributed by atoms with Gasteiger partial charge < -0.3 is 19.3 Å². The number of nitrogens with zero attached hydrogens (tertiary/aromatic N) is 4. The molecule has 4 heterocycles. The predicted molar refractivity (Wildman–Crippen MR) is 94.3 cm³/mol. The predicted octanol–water partition coefficient (Wildman–Crippen LogP) is 1.67. The van der Waals surface area contributed by atoms with E-state index < -0.39 is 0 Å². The fourth-order valence-electron chi connectivity index (χ4n) is 3.11. The van der Waals surface area contributed by atoms with Crippen molar-refractivity contribution in [1.82, 2.24) is 14.9 Å².